The Labute approximate surface area is 143 Å². The zero-order chi connectivity index (χ0) is 16.3. The van der Waals surface area contributed by atoms with Crippen molar-refractivity contribution in [2.24, 2.45) is 0 Å². The summed E-state index contributed by atoms with van der Waals surface area (Å²) < 4.78 is 0. The molecule has 2 fully saturated rings. The summed E-state index contributed by atoms with van der Waals surface area (Å²) in [5.41, 5.74) is 4.18. The lowest BCUT2D eigenvalue weighted by molar-refractivity contribution is 0.722. The first kappa shape index (κ1) is 14.3. The van der Waals surface area contributed by atoms with Gasteiger partial charge in [0.15, 0.2) is 0 Å². The quantitative estimate of drug-likeness (QED) is 0.915. The van der Waals surface area contributed by atoms with Crippen molar-refractivity contribution in [3.63, 3.8) is 0 Å². The number of hydrogen-bond acceptors (Lipinski definition) is 4. The normalized spacial score (nSPS) is 24.5. The van der Waals surface area contributed by atoms with E-state index in [1.54, 1.807) is 5.56 Å². The number of aromatic nitrogens is 2. The third-order valence-corrected chi connectivity index (χ3v) is 5.62. The van der Waals surface area contributed by atoms with Crippen molar-refractivity contribution in [2.45, 2.75) is 57.0 Å². The van der Waals surface area contributed by atoms with Crippen LogP contribution in [-0.4, -0.2) is 22.6 Å². The molecule has 2 heterocycles. The Morgan fingerprint density at radius 3 is 2.67 bits per heavy atom. The van der Waals surface area contributed by atoms with E-state index in [-0.39, 0.29) is 0 Å². The third kappa shape index (κ3) is 2.27. The van der Waals surface area contributed by atoms with Gasteiger partial charge in [0.05, 0.1) is 11.7 Å². The van der Waals surface area contributed by atoms with Gasteiger partial charge in [-0.1, -0.05) is 38.1 Å². The van der Waals surface area contributed by atoms with Gasteiger partial charge in [0, 0.05) is 24.6 Å². The zero-order valence-electron chi connectivity index (χ0n) is 14.4. The molecule has 2 aliphatic carbocycles. The van der Waals surface area contributed by atoms with Gasteiger partial charge in [0.25, 0.3) is 0 Å². The molecule has 4 nitrogen and oxygen atoms in total. The van der Waals surface area contributed by atoms with E-state index >= 15 is 0 Å². The molecule has 0 spiro atoms. The molecule has 5 rings (SSSR count). The van der Waals surface area contributed by atoms with Crippen LogP contribution in [0.25, 0.3) is 0 Å². The minimum absolute atomic E-state index is 0.415. The van der Waals surface area contributed by atoms with Crippen molar-refractivity contribution in [1.29, 1.82) is 0 Å². The van der Waals surface area contributed by atoms with Crippen LogP contribution in [0.1, 0.15) is 67.8 Å². The predicted octanol–water partition coefficient (Wildman–Crippen LogP) is 4.22. The first-order chi connectivity index (χ1) is 11.7. The van der Waals surface area contributed by atoms with Gasteiger partial charge in [0.1, 0.15) is 5.82 Å². The SMILES string of the molecule is CC(C)c1cc(N2C[C@H]3C[C@H]2c2ccccc23)nc(NC2CC2)n1. The summed E-state index contributed by atoms with van der Waals surface area (Å²) in [7, 11) is 0. The molecular formula is C20H24N4. The highest BCUT2D eigenvalue weighted by molar-refractivity contribution is 5.55. The van der Waals surface area contributed by atoms with Crippen molar-refractivity contribution in [2.75, 3.05) is 16.8 Å². The molecular weight excluding hydrogens is 296 g/mol. The molecule has 0 amide bonds. The highest BCUT2D eigenvalue weighted by atomic mass is 15.3. The van der Waals surface area contributed by atoms with Gasteiger partial charge in [-0.25, -0.2) is 4.98 Å². The van der Waals surface area contributed by atoms with E-state index < -0.39 is 0 Å². The van der Waals surface area contributed by atoms with Gasteiger partial charge >= 0.3 is 0 Å². The van der Waals surface area contributed by atoms with Gasteiger partial charge < -0.3 is 10.2 Å². The first-order valence-corrected chi connectivity index (χ1v) is 9.20. The minimum Gasteiger partial charge on any atom is -0.351 e. The maximum Gasteiger partial charge on any atom is 0.225 e. The van der Waals surface area contributed by atoms with E-state index in [2.05, 4.69) is 54.4 Å². The molecule has 1 aromatic heterocycles. The van der Waals surface area contributed by atoms with Crippen LogP contribution >= 0.6 is 0 Å². The number of rotatable bonds is 4. The average Bonchev–Trinajstić information content (AvgIpc) is 3.19. The Morgan fingerprint density at radius 1 is 1.12 bits per heavy atom. The Bertz CT molecular complexity index is 781. The largest absolute Gasteiger partial charge is 0.351 e. The van der Waals surface area contributed by atoms with Gasteiger partial charge in [-0.15, -0.1) is 0 Å². The van der Waals surface area contributed by atoms with Crippen LogP contribution in [0, 0.1) is 0 Å². The van der Waals surface area contributed by atoms with E-state index in [9.17, 15) is 0 Å². The number of nitrogens with one attached hydrogen (secondary N) is 1. The van der Waals surface area contributed by atoms with E-state index in [0.29, 0.717) is 23.9 Å². The summed E-state index contributed by atoms with van der Waals surface area (Å²) in [5.74, 6) is 2.98. The topological polar surface area (TPSA) is 41.1 Å². The average molecular weight is 320 g/mol. The first-order valence-electron chi connectivity index (χ1n) is 9.20. The highest BCUT2D eigenvalue weighted by Gasteiger charge is 2.42. The lowest BCUT2D eigenvalue weighted by Crippen LogP contribution is -2.28. The molecule has 4 heteroatoms. The predicted molar refractivity (Wildman–Crippen MR) is 96.7 cm³/mol. The van der Waals surface area contributed by atoms with Gasteiger partial charge in [0.2, 0.25) is 5.95 Å². The van der Waals surface area contributed by atoms with Crippen LogP contribution in [-0.2, 0) is 0 Å². The summed E-state index contributed by atoms with van der Waals surface area (Å²) >= 11 is 0. The van der Waals surface area contributed by atoms with E-state index in [4.69, 9.17) is 9.97 Å². The molecule has 1 N–H and O–H groups in total. The van der Waals surface area contributed by atoms with Crippen LogP contribution in [0.15, 0.2) is 30.3 Å². The van der Waals surface area contributed by atoms with E-state index in [1.165, 1.54) is 24.8 Å². The second-order valence-electron chi connectivity index (χ2n) is 7.78. The Hall–Kier alpha value is -2.10. The van der Waals surface area contributed by atoms with Crippen molar-refractivity contribution in [3.8, 4) is 0 Å². The molecule has 2 atom stereocenters. The summed E-state index contributed by atoms with van der Waals surface area (Å²) in [4.78, 5) is 12.1. The summed E-state index contributed by atoms with van der Waals surface area (Å²) in [6.07, 6.45) is 3.71. The molecule has 1 saturated heterocycles. The van der Waals surface area contributed by atoms with Crippen molar-refractivity contribution >= 4 is 11.8 Å². The summed E-state index contributed by atoms with van der Waals surface area (Å²) in [5, 5.41) is 3.49. The fraction of sp³-hybridized carbons (Fsp3) is 0.500. The number of nitrogens with zero attached hydrogens (tertiary/aromatic N) is 3. The van der Waals surface area contributed by atoms with Crippen LogP contribution in [0.3, 0.4) is 0 Å². The van der Waals surface area contributed by atoms with Crippen LogP contribution < -0.4 is 10.2 Å². The van der Waals surface area contributed by atoms with E-state index in [1.807, 2.05) is 0 Å². The highest BCUT2D eigenvalue weighted by Crippen LogP contribution is 2.51. The van der Waals surface area contributed by atoms with Gasteiger partial charge in [-0.2, -0.15) is 4.98 Å². The molecule has 2 aromatic rings. The fourth-order valence-electron chi connectivity index (χ4n) is 4.17. The lowest BCUT2D eigenvalue weighted by atomic mass is 9.99. The summed E-state index contributed by atoms with van der Waals surface area (Å²) in [6.45, 7) is 5.50. The lowest BCUT2D eigenvalue weighted by Gasteiger charge is -2.30. The molecule has 24 heavy (non-hydrogen) atoms. The molecule has 3 aliphatic rings. The maximum absolute atomic E-state index is 4.87. The number of hydrogen-bond donors (Lipinski definition) is 1. The fourth-order valence-corrected chi connectivity index (χ4v) is 4.17. The van der Waals surface area contributed by atoms with Crippen molar-refractivity contribution in [3.05, 3.63) is 47.2 Å². The molecule has 0 unspecified atom stereocenters. The Kier molecular flexibility index (Phi) is 3.09. The van der Waals surface area contributed by atoms with Crippen LogP contribution in [0.4, 0.5) is 11.8 Å². The molecule has 2 bridgehead atoms. The molecule has 124 valence electrons. The Balaban J connectivity index is 1.52. The number of anilines is 2. The van der Waals surface area contributed by atoms with E-state index in [0.717, 1.165) is 24.0 Å². The summed E-state index contributed by atoms with van der Waals surface area (Å²) in [6, 6.07) is 12.2. The minimum atomic E-state index is 0.415. The molecule has 0 radical (unpaired) electrons. The standard InChI is InChI=1S/C20H24N4/c1-12(2)17-10-19(23-20(22-17)21-14-7-8-14)24-11-13-9-18(24)16-6-4-3-5-15(13)16/h3-6,10,12-14,18H,7-9,11H2,1-2H3,(H,21,22,23)/t13-,18+/m1/s1. The second-order valence-corrected chi connectivity index (χ2v) is 7.78. The number of fused-ring (bicyclic) bond motifs is 5. The van der Waals surface area contributed by atoms with Crippen LogP contribution in [0.2, 0.25) is 0 Å². The number of benzene rings is 1. The van der Waals surface area contributed by atoms with Gasteiger partial charge in [-0.05, 0) is 36.3 Å². The van der Waals surface area contributed by atoms with Gasteiger partial charge in [-0.3, -0.25) is 0 Å². The molecule has 1 aliphatic heterocycles. The molecule has 1 saturated carbocycles. The van der Waals surface area contributed by atoms with Crippen LogP contribution in [0.5, 0.6) is 0 Å². The zero-order valence-corrected chi connectivity index (χ0v) is 14.4. The third-order valence-electron chi connectivity index (χ3n) is 5.62. The molecule has 1 aromatic carbocycles. The van der Waals surface area contributed by atoms with Crippen molar-refractivity contribution in [1.82, 2.24) is 9.97 Å². The smallest absolute Gasteiger partial charge is 0.225 e. The van der Waals surface area contributed by atoms with Crippen molar-refractivity contribution < 1.29 is 0 Å². The monoisotopic (exact) mass is 320 g/mol. The second kappa shape index (κ2) is 5.20. The Morgan fingerprint density at radius 2 is 1.92 bits per heavy atom. The maximum atomic E-state index is 4.87.